The van der Waals surface area contributed by atoms with E-state index in [4.69, 9.17) is 9.84 Å². The molecule has 0 saturated carbocycles. The fraction of sp³-hybridized carbons (Fsp3) is 0.417. The minimum Gasteiger partial charge on any atom is -0.504 e. The zero-order chi connectivity index (χ0) is 12.1. The Hall–Kier alpha value is -1.71. The summed E-state index contributed by atoms with van der Waals surface area (Å²) in [7, 11) is 1.48. The Labute approximate surface area is 94.5 Å². The number of phenolic OH excluding ortho intramolecular Hbond substituents is 1. The van der Waals surface area contributed by atoms with Gasteiger partial charge in [0.15, 0.2) is 11.5 Å². The molecule has 4 nitrogen and oxygen atoms in total. The first kappa shape index (κ1) is 12.4. The van der Waals surface area contributed by atoms with Crippen molar-refractivity contribution in [2.24, 2.45) is 0 Å². The minimum absolute atomic E-state index is 0.00385. The van der Waals surface area contributed by atoms with E-state index in [1.807, 2.05) is 13.0 Å². The number of aryl methyl sites for hydroxylation is 2. The van der Waals surface area contributed by atoms with E-state index >= 15 is 0 Å². The van der Waals surface area contributed by atoms with Crippen LogP contribution in [0.3, 0.4) is 0 Å². The predicted octanol–water partition coefficient (Wildman–Crippen LogP) is 1.98. The van der Waals surface area contributed by atoms with Crippen LogP contribution in [0.25, 0.3) is 0 Å². The summed E-state index contributed by atoms with van der Waals surface area (Å²) in [6.07, 6.45) is 1.13. The van der Waals surface area contributed by atoms with Crippen molar-refractivity contribution in [3.63, 3.8) is 0 Å². The number of aliphatic carboxylic acids is 1. The molecule has 0 spiro atoms. The SMILES string of the molecule is CCc1cc(CCC(=O)O)c(O)c(OC)c1. The number of carboxylic acids is 1. The summed E-state index contributed by atoms with van der Waals surface area (Å²) in [5.41, 5.74) is 1.65. The molecule has 1 aromatic rings. The molecule has 0 aliphatic rings. The highest BCUT2D eigenvalue weighted by Crippen LogP contribution is 2.32. The van der Waals surface area contributed by atoms with Gasteiger partial charge in [0.1, 0.15) is 0 Å². The van der Waals surface area contributed by atoms with E-state index in [2.05, 4.69) is 0 Å². The molecule has 0 aliphatic carbocycles. The highest BCUT2D eigenvalue weighted by Gasteiger charge is 2.11. The largest absolute Gasteiger partial charge is 0.504 e. The molecule has 0 saturated heterocycles. The normalized spacial score (nSPS) is 10.1. The molecule has 0 amide bonds. The van der Waals surface area contributed by atoms with Gasteiger partial charge in [-0.2, -0.15) is 0 Å². The number of hydrogen-bond acceptors (Lipinski definition) is 3. The van der Waals surface area contributed by atoms with Gasteiger partial charge in [0.25, 0.3) is 0 Å². The molecule has 0 unspecified atom stereocenters. The van der Waals surface area contributed by atoms with Crippen LogP contribution in [0, 0.1) is 0 Å². The lowest BCUT2D eigenvalue weighted by Gasteiger charge is -2.10. The highest BCUT2D eigenvalue weighted by atomic mass is 16.5. The van der Waals surface area contributed by atoms with Crippen LogP contribution in [0.2, 0.25) is 0 Å². The van der Waals surface area contributed by atoms with Crippen molar-refractivity contribution >= 4 is 5.97 Å². The van der Waals surface area contributed by atoms with E-state index < -0.39 is 5.97 Å². The quantitative estimate of drug-likeness (QED) is 0.802. The van der Waals surface area contributed by atoms with Crippen LogP contribution >= 0.6 is 0 Å². The predicted molar refractivity (Wildman–Crippen MR) is 60.0 cm³/mol. The molecule has 0 fully saturated rings. The lowest BCUT2D eigenvalue weighted by Crippen LogP contribution is -1.99. The summed E-state index contributed by atoms with van der Waals surface area (Å²) in [4.78, 5) is 10.5. The van der Waals surface area contributed by atoms with Gasteiger partial charge in [-0.05, 0) is 30.0 Å². The zero-order valence-electron chi connectivity index (χ0n) is 9.49. The van der Waals surface area contributed by atoms with Gasteiger partial charge in [0.05, 0.1) is 7.11 Å². The van der Waals surface area contributed by atoms with Crippen molar-refractivity contribution in [1.29, 1.82) is 0 Å². The topological polar surface area (TPSA) is 66.8 Å². The van der Waals surface area contributed by atoms with Crippen molar-refractivity contribution in [2.75, 3.05) is 7.11 Å². The zero-order valence-corrected chi connectivity index (χ0v) is 9.49. The first-order valence-corrected chi connectivity index (χ1v) is 5.19. The van der Waals surface area contributed by atoms with E-state index in [-0.39, 0.29) is 12.2 Å². The Morgan fingerprint density at radius 3 is 2.62 bits per heavy atom. The third kappa shape index (κ3) is 2.89. The molecular formula is C12H16O4. The first-order valence-electron chi connectivity index (χ1n) is 5.19. The Morgan fingerprint density at radius 2 is 2.12 bits per heavy atom. The number of hydrogen-bond donors (Lipinski definition) is 2. The summed E-state index contributed by atoms with van der Waals surface area (Å²) < 4.78 is 5.04. The molecule has 1 rings (SSSR count). The van der Waals surface area contributed by atoms with Crippen molar-refractivity contribution in [1.82, 2.24) is 0 Å². The Balaban J connectivity index is 3.01. The maximum absolute atomic E-state index is 10.5. The molecule has 0 bridgehead atoms. The highest BCUT2D eigenvalue weighted by molar-refractivity contribution is 5.67. The van der Waals surface area contributed by atoms with Crippen molar-refractivity contribution < 1.29 is 19.7 Å². The molecule has 0 radical (unpaired) electrons. The lowest BCUT2D eigenvalue weighted by molar-refractivity contribution is -0.136. The fourth-order valence-electron chi connectivity index (χ4n) is 1.52. The van der Waals surface area contributed by atoms with Gasteiger partial charge in [0.2, 0.25) is 0 Å². The van der Waals surface area contributed by atoms with Gasteiger partial charge in [0, 0.05) is 6.42 Å². The van der Waals surface area contributed by atoms with Crippen LogP contribution in [0.4, 0.5) is 0 Å². The van der Waals surface area contributed by atoms with Crippen LogP contribution in [0.5, 0.6) is 11.5 Å². The van der Waals surface area contributed by atoms with Crippen LogP contribution in [0.1, 0.15) is 24.5 Å². The smallest absolute Gasteiger partial charge is 0.303 e. The van der Waals surface area contributed by atoms with E-state index in [1.54, 1.807) is 6.07 Å². The average molecular weight is 224 g/mol. The molecule has 0 aliphatic heterocycles. The second-order valence-electron chi connectivity index (χ2n) is 3.55. The third-order valence-electron chi connectivity index (χ3n) is 2.45. The number of methoxy groups -OCH3 is 1. The van der Waals surface area contributed by atoms with E-state index in [1.165, 1.54) is 7.11 Å². The van der Waals surface area contributed by atoms with Gasteiger partial charge < -0.3 is 14.9 Å². The average Bonchev–Trinajstić information content (AvgIpc) is 2.27. The maximum atomic E-state index is 10.5. The molecule has 0 atom stereocenters. The van der Waals surface area contributed by atoms with Gasteiger partial charge >= 0.3 is 5.97 Å². The molecule has 88 valence electrons. The Bertz CT molecular complexity index is 385. The second kappa shape index (κ2) is 5.39. The van der Waals surface area contributed by atoms with Gasteiger partial charge in [-0.3, -0.25) is 4.79 Å². The molecule has 0 heterocycles. The summed E-state index contributed by atoms with van der Waals surface area (Å²) in [5, 5.41) is 18.4. The van der Waals surface area contributed by atoms with Gasteiger partial charge in [-0.25, -0.2) is 0 Å². The van der Waals surface area contributed by atoms with Crippen molar-refractivity contribution in [3.8, 4) is 11.5 Å². The summed E-state index contributed by atoms with van der Waals surface area (Å²) >= 11 is 0. The van der Waals surface area contributed by atoms with Crippen molar-refractivity contribution in [3.05, 3.63) is 23.3 Å². The number of ether oxygens (including phenoxy) is 1. The fourth-order valence-corrected chi connectivity index (χ4v) is 1.52. The summed E-state index contributed by atoms with van der Waals surface area (Å²) in [6.45, 7) is 1.99. The second-order valence-corrected chi connectivity index (χ2v) is 3.55. The number of carboxylic acid groups (broad SMARTS) is 1. The van der Waals surface area contributed by atoms with Crippen LogP contribution in [0.15, 0.2) is 12.1 Å². The van der Waals surface area contributed by atoms with Crippen LogP contribution < -0.4 is 4.74 Å². The molecular weight excluding hydrogens is 208 g/mol. The van der Waals surface area contributed by atoms with Crippen LogP contribution in [-0.4, -0.2) is 23.3 Å². The van der Waals surface area contributed by atoms with E-state index in [0.29, 0.717) is 17.7 Å². The molecule has 16 heavy (non-hydrogen) atoms. The first-order chi connectivity index (χ1) is 7.58. The van der Waals surface area contributed by atoms with E-state index in [0.717, 1.165) is 12.0 Å². The maximum Gasteiger partial charge on any atom is 0.303 e. The molecule has 4 heteroatoms. The number of carbonyl (C=O) groups is 1. The third-order valence-corrected chi connectivity index (χ3v) is 2.45. The number of rotatable bonds is 5. The number of phenols is 1. The number of aromatic hydroxyl groups is 1. The van der Waals surface area contributed by atoms with Gasteiger partial charge in [-0.15, -0.1) is 0 Å². The summed E-state index contributed by atoms with van der Waals surface area (Å²) in [5.74, 6) is -0.430. The number of benzene rings is 1. The van der Waals surface area contributed by atoms with E-state index in [9.17, 15) is 9.90 Å². The Morgan fingerprint density at radius 1 is 1.44 bits per heavy atom. The van der Waals surface area contributed by atoms with Crippen LogP contribution in [-0.2, 0) is 17.6 Å². The monoisotopic (exact) mass is 224 g/mol. The molecule has 2 N–H and O–H groups in total. The Kier molecular flexibility index (Phi) is 4.17. The minimum atomic E-state index is -0.875. The standard InChI is InChI=1S/C12H16O4/c1-3-8-6-9(4-5-11(13)14)12(15)10(7-8)16-2/h6-7,15H,3-5H2,1-2H3,(H,13,14). The summed E-state index contributed by atoms with van der Waals surface area (Å²) in [6, 6.07) is 3.58. The van der Waals surface area contributed by atoms with Gasteiger partial charge in [-0.1, -0.05) is 13.0 Å². The molecule has 0 aromatic heterocycles. The van der Waals surface area contributed by atoms with Crippen molar-refractivity contribution in [2.45, 2.75) is 26.2 Å². The lowest BCUT2D eigenvalue weighted by atomic mass is 10.0. The molecule has 1 aromatic carbocycles.